The summed E-state index contributed by atoms with van der Waals surface area (Å²) in [6.45, 7) is 4.69. The Bertz CT molecular complexity index is 518. The van der Waals surface area contributed by atoms with E-state index in [4.69, 9.17) is 23.2 Å². The van der Waals surface area contributed by atoms with Gasteiger partial charge in [-0.25, -0.2) is 0 Å². The second-order valence-electron chi connectivity index (χ2n) is 3.82. The minimum Gasteiger partial charge on any atom is -0.265 e. The quantitative estimate of drug-likeness (QED) is 0.796. The van der Waals surface area contributed by atoms with Gasteiger partial charge in [-0.1, -0.05) is 29.3 Å². The molecule has 0 aliphatic heterocycles. The molecule has 1 aromatic heterocycles. The maximum absolute atomic E-state index is 6.11. The van der Waals surface area contributed by atoms with Crippen molar-refractivity contribution >= 4 is 23.2 Å². The van der Waals surface area contributed by atoms with Crippen molar-refractivity contribution in [1.82, 2.24) is 9.78 Å². The van der Waals surface area contributed by atoms with Crippen molar-refractivity contribution in [2.45, 2.75) is 20.4 Å². The zero-order valence-electron chi connectivity index (χ0n) is 9.17. The van der Waals surface area contributed by atoms with Crippen LogP contribution in [0.5, 0.6) is 0 Å². The molecule has 0 fully saturated rings. The third-order valence-electron chi connectivity index (χ3n) is 2.44. The van der Waals surface area contributed by atoms with Gasteiger partial charge in [0.1, 0.15) is 0 Å². The first-order chi connectivity index (χ1) is 7.56. The maximum atomic E-state index is 6.11. The smallest absolute Gasteiger partial charge is 0.0677 e. The van der Waals surface area contributed by atoms with E-state index in [-0.39, 0.29) is 0 Å². The molecule has 0 aliphatic rings. The van der Waals surface area contributed by atoms with Crippen LogP contribution < -0.4 is 0 Å². The lowest BCUT2D eigenvalue weighted by Gasteiger charge is -2.06. The largest absolute Gasteiger partial charge is 0.265 e. The van der Waals surface area contributed by atoms with E-state index in [1.165, 1.54) is 0 Å². The van der Waals surface area contributed by atoms with Gasteiger partial charge in [0.15, 0.2) is 0 Å². The van der Waals surface area contributed by atoms with E-state index >= 15 is 0 Å². The van der Waals surface area contributed by atoms with Gasteiger partial charge in [0.05, 0.1) is 12.2 Å². The van der Waals surface area contributed by atoms with E-state index in [1.807, 2.05) is 36.7 Å². The number of hydrogen-bond acceptors (Lipinski definition) is 1. The van der Waals surface area contributed by atoms with Crippen LogP contribution in [0.15, 0.2) is 24.3 Å². The van der Waals surface area contributed by atoms with E-state index in [9.17, 15) is 0 Å². The van der Waals surface area contributed by atoms with Crippen molar-refractivity contribution in [2.75, 3.05) is 0 Å². The monoisotopic (exact) mass is 254 g/mol. The van der Waals surface area contributed by atoms with Gasteiger partial charge < -0.3 is 0 Å². The fourth-order valence-electron chi connectivity index (χ4n) is 1.65. The van der Waals surface area contributed by atoms with Crippen molar-refractivity contribution in [3.8, 4) is 0 Å². The Morgan fingerprint density at radius 1 is 1.19 bits per heavy atom. The molecule has 0 saturated heterocycles. The minimum absolute atomic E-state index is 0.655. The third-order valence-corrected chi connectivity index (χ3v) is 3.03. The number of hydrogen-bond donors (Lipinski definition) is 0. The third kappa shape index (κ3) is 2.39. The lowest BCUT2D eigenvalue weighted by Crippen LogP contribution is -2.04. The SMILES string of the molecule is Cc1cc(C)n(Cc2ccc(Cl)cc2Cl)n1. The van der Waals surface area contributed by atoms with Crippen LogP contribution in [0.1, 0.15) is 17.0 Å². The Hall–Kier alpha value is -0.990. The standard InChI is InChI=1S/C12H12Cl2N2/c1-8-5-9(2)16(15-8)7-10-3-4-11(13)6-12(10)14/h3-6H,7H2,1-2H3. The molecule has 4 heteroatoms. The summed E-state index contributed by atoms with van der Waals surface area (Å²) in [4.78, 5) is 0. The molecule has 0 saturated carbocycles. The van der Waals surface area contributed by atoms with Crippen LogP contribution in [-0.4, -0.2) is 9.78 Å². The van der Waals surface area contributed by atoms with Crippen LogP contribution in [0.25, 0.3) is 0 Å². The summed E-state index contributed by atoms with van der Waals surface area (Å²) in [5.74, 6) is 0. The van der Waals surface area contributed by atoms with Crippen LogP contribution >= 0.6 is 23.2 Å². The number of benzene rings is 1. The predicted molar refractivity (Wildman–Crippen MR) is 67.3 cm³/mol. The number of rotatable bonds is 2. The van der Waals surface area contributed by atoms with Crippen LogP contribution in [0, 0.1) is 13.8 Å². The summed E-state index contributed by atoms with van der Waals surface area (Å²) in [7, 11) is 0. The molecule has 0 unspecified atom stereocenters. The Kier molecular flexibility index (Phi) is 3.22. The fraction of sp³-hybridized carbons (Fsp3) is 0.250. The molecule has 0 aliphatic carbocycles. The summed E-state index contributed by atoms with van der Waals surface area (Å²) < 4.78 is 1.93. The first-order valence-corrected chi connectivity index (χ1v) is 5.77. The zero-order chi connectivity index (χ0) is 11.7. The second kappa shape index (κ2) is 4.48. The van der Waals surface area contributed by atoms with E-state index < -0.39 is 0 Å². The zero-order valence-corrected chi connectivity index (χ0v) is 10.7. The molecule has 16 heavy (non-hydrogen) atoms. The van der Waals surface area contributed by atoms with E-state index in [1.54, 1.807) is 6.07 Å². The van der Waals surface area contributed by atoms with Gasteiger partial charge in [0, 0.05) is 15.7 Å². The van der Waals surface area contributed by atoms with Crippen LogP contribution in [-0.2, 0) is 6.54 Å². The number of halogens is 2. The molecule has 1 heterocycles. The van der Waals surface area contributed by atoms with Gasteiger partial charge in [0.25, 0.3) is 0 Å². The van der Waals surface area contributed by atoms with Crippen LogP contribution in [0.2, 0.25) is 10.0 Å². The molecule has 1 aromatic carbocycles. The Labute approximate surface area is 105 Å². The van der Waals surface area contributed by atoms with Crippen molar-refractivity contribution in [2.24, 2.45) is 0 Å². The lowest BCUT2D eigenvalue weighted by atomic mass is 10.2. The van der Waals surface area contributed by atoms with Gasteiger partial charge in [-0.15, -0.1) is 0 Å². The molecule has 2 aromatic rings. The van der Waals surface area contributed by atoms with Gasteiger partial charge in [-0.05, 0) is 37.6 Å². The summed E-state index contributed by atoms with van der Waals surface area (Å²) in [6.07, 6.45) is 0. The fourth-order valence-corrected chi connectivity index (χ4v) is 2.11. The summed E-state index contributed by atoms with van der Waals surface area (Å²) in [6, 6.07) is 7.57. The highest BCUT2D eigenvalue weighted by Gasteiger charge is 2.05. The molecular formula is C12H12Cl2N2. The number of nitrogens with zero attached hydrogens (tertiary/aromatic N) is 2. The maximum Gasteiger partial charge on any atom is 0.0677 e. The topological polar surface area (TPSA) is 17.8 Å². The summed E-state index contributed by atoms with van der Waals surface area (Å²) in [5.41, 5.74) is 3.17. The van der Waals surface area contributed by atoms with Crippen molar-refractivity contribution in [1.29, 1.82) is 0 Å². The van der Waals surface area contributed by atoms with Gasteiger partial charge in [0.2, 0.25) is 0 Å². The highest BCUT2D eigenvalue weighted by molar-refractivity contribution is 6.35. The highest BCUT2D eigenvalue weighted by atomic mass is 35.5. The molecule has 2 nitrogen and oxygen atoms in total. The molecule has 0 radical (unpaired) electrons. The summed E-state index contributed by atoms with van der Waals surface area (Å²) >= 11 is 12.0. The molecule has 0 N–H and O–H groups in total. The molecule has 0 bridgehead atoms. The second-order valence-corrected chi connectivity index (χ2v) is 4.66. The van der Waals surface area contributed by atoms with E-state index in [0.29, 0.717) is 16.6 Å². The molecule has 0 amide bonds. The predicted octanol–water partition coefficient (Wildman–Crippen LogP) is 3.86. The first kappa shape index (κ1) is 11.5. The average molecular weight is 255 g/mol. The van der Waals surface area contributed by atoms with Crippen LogP contribution in [0.3, 0.4) is 0 Å². The van der Waals surface area contributed by atoms with E-state index in [0.717, 1.165) is 17.0 Å². The number of aryl methyl sites for hydroxylation is 2. The highest BCUT2D eigenvalue weighted by Crippen LogP contribution is 2.22. The Morgan fingerprint density at radius 3 is 2.50 bits per heavy atom. The van der Waals surface area contributed by atoms with Crippen molar-refractivity contribution in [3.63, 3.8) is 0 Å². The average Bonchev–Trinajstić information content (AvgIpc) is 2.50. The van der Waals surface area contributed by atoms with Gasteiger partial charge in [-0.2, -0.15) is 5.10 Å². The van der Waals surface area contributed by atoms with Gasteiger partial charge in [-0.3, -0.25) is 4.68 Å². The normalized spacial score (nSPS) is 10.8. The van der Waals surface area contributed by atoms with Crippen molar-refractivity contribution in [3.05, 3.63) is 51.3 Å². The van der Waals surface area contributed by atoms with Crippen LogP contribution in [0.4, 0.5) is 0 Å². The molecular weight excluding hydrogens is 243 g/mol. The Morgan fingerprint density at radius 2 is 1.94 bits per heavy atom. The number of aromatic nitrogens is 2. The van der Waals surface area contributed by atoms with Crippen molar-refractivity contribution < 1.29 is 0 Å². The molecule has 0 spiro atoms. The molecule has 0 atom stereocenters. The van der Waals surface area contributed by atoms with E-state index in [2.05, 4.69) is 5.10 Å². The lowest BCUT2D eigenvalue weighted by molar-refractivity contribution is 0.659. The minimum atomic E-state index is 0.655. The molecule has 84 valence electrons. The Balaban J connectivity index is 2.30. The molecule has 2 rings (SSSR count). The first-order valence-electron chi connectivity index (χ1n) is 5.01. The summed E-state index contributed by atoms with van der Waals surface area (Å²) in [5, 5.41) is 5.73. The van der Waals surface area contributed by atoms with Gasteiger partial charge >= 0.3 is 0 Å².